The van der Waals surface area contributed by atoms with Crippen molar-refractivity contribution in [2.45, 2.75) is 33.1 Å². The molecule has 15 heavy (non-hydrogen) atoms. The van der Waals surface area contributed by atoms with Crippen molar-refractivity contribution < 1.29 is 0 Å². The molecule has 2 rings (SSSR count). The molecule has 82 valence electrons. The lowest BCUT2D eigenvalue weighted by molar-refractivity contribution is 0.319. The summed E-state index contributed by atoms with van der Waals surface area (Å²) < 4.78 is 0. The average molecular weight is 222 g/mol. The van der Waals surface area contributed by atoms with Crippen molar-refractivity contribution in [3.05, 3.63) is 22.6 Å². The summed E-state index contributed by atoms with van der Waals surface area (Å²) in [7, 11) is 0. The molecule has 0 unspecified atom stereocenters. The van der Waals surface area contributed by atoms with E-state index in [0.29, 0.717) is 11.1 Å². The van der Waals surface area contributed by atoms with E-state index in [4.69, 9.17) is 11.5 Å². The second kappa shape index (κ2) is 3.27. The summed E-state index contributed by atoms with van der Waals surface area (Å²) in [6.07, 6.45) is 3.41. The van der Waals surface area contributed by atoms with Crippen LogP contribution in [0.1, 0.15) is 36.3 Å². The summed E-state index contributed by atoms with van der Waals surface area (Å²) in [6, 6.07) is 0. The van der Waals surface area contributed by atoms with Gasteiger partial charge in [-0.2, -0.15) is 0 Å². The molecule has 4 N–H and O–H groups in total. The minimum Gasteiger partial charge on any atom is -0.399 e. The van der Waals surface area contributed by atoms with Gasteiger partial charge in [0, 0.05) is 16.1 Å². The zero-order valence-corrected chi connectivity index (χ0v) is 10.2. The predicted molar refractivity (Wildman–Crippen MR) is 67.8 cm³/mol. The Morgan fingerprint density at radius 3 is 2.73 bits per heavy atom. The van der Waals surface area contributed by atoms with Gasteiger partial charge in [-0.1, -0.05) is 20.4 Å². The van der Waals surface area contributed by atoms with Crippen LogP contribution in [0.15, 0.2) is 6.58 Å². The fourth-order valence-electron chi connectivity index (χ4n) is 2.28. The van der Waals surface area contributed by atoms with Gasteiger partial charge in [-0.3, -0.25) is 0 Å². The van der Waals surface area contributed by atoms with Gasteiger partial charge in [0.2, 0.25) is 0 Å². The largest absolute Gasteiger partial charge is 0.399 e. The van der Waals surface area contributed by atoms with Crippen LogP contribution in [0.2, 0.25) is 0 Å². The fourth-order valence-corrected chi connectivity index (χ4v) is 3.69. The summed E-state index contributed by atoms with van der Waals surface area (Å²) in [5.41, 5.74) is 15.2. The van der Waals surface area contributed by atoms with Gasteiger partial charge in [0.05, 0.1) is 5.00 Å². The van der Waals surface area contributed by atoms with E-state index in [2.05, 4.69) is 20.4 Å². The van der Waals surface area contributed by atoms with Gasteiger partial charge in [-0.25, -0.2) is 0 Å². The Kier molecular flexibility index (Phi) is 2.30. The second-order valence-corrected chi connectivity index (χ2v) is 6.25. The number of nitrogen functional groups attached to an aromatic ring is 1. The normalized spacial score (nSPS) is 18.5. The van der Waals surface area contributed by atoms with Gasteiger partial charge in [0.1, 0.15) is 0 Å². The lowest BCUT2D eigenvalue weighted by Crippen LogP contribution is -2.21. The Hall–Kier alpha value is -0.960. The van der Waals surface area contributed by atoms with Crippen LogP contribution in [-0.4, -0.2) is 0 Å². The fraction of sp³-hybridized carbons (Fsp3) is 0.500. The molecule has 1 aromatic heterocycles. The molecule has 0 atom stereocenters. The van der Waals surface area contributed by atoms with E-state index in [1.807, 2.05) is 0 Å². The molecule has 0 aliphatic heterocycles. The number of hydrogen-bond acceptors (Lipinski definition) is 3. The maximum atomic E-state index is 5.99. The number of hydrogen-bond donors (Lipinski definition) is 2. The lowest BCUT2D eigenvalue weighted by Gasteiger charge is -2.29. The summed E-state index contributed by atoms with van der Waals surface area (Å²) >= 11 is 1.68. The van der Waals surface area contributed by atoms with Gasteiger partial charge < -0.3 is 11.5 Å². The zero-order valence-electron chi connectivity index (χ0n) is 9.39. The van der Waals surface area contributed by atoms with Crippen LogP contribution in [0, 0.1) is 5.41 Å². The van der Waals surface area contributed by atoms with Crippen molar-refractivity contribution in [1.29, 1.82) is 0 Å². The molecule has 1 aromatic rings. The monoisotopic (exact) mass is 222 g/mol. The van der Waals surface area contributed by atoms with E-state index in [1.54, 1.807) is 11.3 Å². The summed E-state index contributed by atoms with van der Waals surface area (Å²) in [5, 5.41) is 0.838. The van der Waals surface area contributed by atoms with Crippen molar-refractivity contribution in [3.63, 3.8) is 0 Å². The number of nitrogens with two attached hydrogens (primary N) is 2. The van der Waals surface area contributed by atoms with E-state index in [0.717, 1.165) is 23.4 Å². The smallest absolute Gasteiger partial charge is 0.0956 e. The molecule has 0 aromatic carbocycles. The molecule has 0 amide bonds. The van der Waals surface area contributed by atoms with E-state index >= 15 is 0 Å². The first-order valence-electron chi connectivity index (χ1n) is 5.25. The highest BCUT2D eigenvalue weighted by Gasteiger charge is 2.29. The molecule has 0 saturated heterocycles. The van der Waals surface area contributed by atoms with E-state index in [-0.39, 0.29) is 0 Å². The van der Waals surface area contributed by atoms with Crippen LogP contribution in [0.25, 0.3) is 5.70 Å². The van der Waals surface area contributed by atoms with Crippen molar-refractivity contribution in [2.24, 2.45) is 11.1 Å². The highest BCUT2D eigenvalue weighted by molar-refractivity contribution is 7.16. The zero-order chi connectivity index (χ0) is 11.2. The summed E-state index contributed by atoms with van der Waals surface area (Å²) in [4.78, 5) is 1.41. The van der Waals surface area contributed by atoms with Gasteiger partial charge >= 0.3 is 0 Å². The van der Waals surface area contributed by atoms with Crippen molar-refractivity contribution in [1.82, 2.24) is 0 Å². The highest BCUT2D eigenvalue weighted by Crippen LogP contribution is 2.43. The Morgan fingerprint density at radius 2 is 2.13 bits per heavy atom. The molecule has 3 heteroatoms. The lowest BCUT2D eigenvalue weighted by atomic mass is 9.77. The molecule has 1 aliphatic rings. The first-order valence-corrected chi connectivity index (χ1v) is 6.07. The molecule has 0 spiro atoms. The molecule has 1 heterocycles. The van der Waals surface area contributed by atoms with Gasteiger partial charge in [-0.05, 0) is 30.2 Å². The minimum absolute atomic E-state index is 0.400. The number of thiophene rings is 1. The second-order valence-electron chi connectivity index (χ2n) is 5.11. The average Bonchev–Trinajstić information content (AvgIpc) is 2.37. The van der Waals surface area contributed by atoms with Crippen LogP contribution >= 0.6 is 11.3 Å². The van der Waals surface area contributed by atoms with E-state index in [9.17, 15) is 0 Å². The predicted octanol–water partition coefficient (Wildman–Crippen LogP) is 2.77. The quantitative estimate of drug-likeness (QED) is 0.767. The summed E-state index contributed by atoms with van der Waals surface area (Å²) in [5.74, 6) is 0. The van der Waals surface area contributed by atoms with Crippen LogP contribution < -0.4 is 11.5 Å². The van der Waals surface area contributed by atoms with Crippen molar-refractivity contribution in [2.75, 3.05) is 5.73 Å². The minimum atomic E-state index is 0.400. The third-order valence-electron chi connectivity index (χ3n) is 3.13. The Balaban J connectivity index is 2.48. The Labute approximate surface area is 95.0 Å². The SMILES string of the molecule is C=C(N)c1c(N)sc2c1CCC(C)(C)C2. The maximum absolute atomic E-state index is 5.99. The van der Waals surface area contributed by atoms with Crippen molar-refractivity contribution in [3.8, 4) is 0 Å². The maximum Gasteiger partial charge on any atom is 0.0956 e. The first kappa shape index (κ1) is 10.6. The van der Waals surface area contributed by atoms with Crippen LogP contribution in [0.4, 0.5) is 5.00 Å². The van der Waals surface area contributed by atoms with Gasteiger partial charge in [0.25, 0.3) is 0 Å². The van der Waals surface area contributed by atoms with Crippen LogP contribution in [-0.2, 0) is 12.8 Å². The van der Waals surface area contributed by atoms with E-state index in [1.165, 1.54) is 16.9 Å². The molecule has 2 nitrogen and oxygen atoms in total. The molecule has 0 saturated carbocycles. The molecule has 0 radical (unpaired) electrons. The molecule has 1 aliphatic carbocycles. The number of anilines is 1. The third kappa shape index (κ3) is 1.76. The Morgan fingerprint density at radius 1 is 1.47 bits per heavy atom. The molecule has 0 bridgehead atoms. The molecular weight excluding hydrogens is 204 g/mol. The number of fused-ring (bicyclic) bond motifs is 1. The Bertz CT molecular complexity index is 416. The third-order valence-corrected chi connectivity index (χ3v) is 4.19. The van der Waals surface area contributed by atoms with Gasteiger partial charge in [-0.15, -0.1) is 11.3 Å². The van der Waals surface area contributed by atoms with Crippen LogP contribution in [0.5, 0.6) is 0 Å². The molecule has 0 fully saturated rings. The summed E-state index contributed by atoms with van der Waals surface area (Å²) in [6.45, 7) is 8.42. The topological polar surface area (TPSA) is 52.0 Å². The van der Waals surface area contributed by atoms with Crippen LogP contribution in [0.3, 0.4) is 0 Å². The van der Waals surface area contributed by atoms with Gasteiger partial charge in [0.15, 0.2) is 0 Å². The standard InChI is InChI=1S/C12H18N2S/c1-7(13)10-8-4-5-12(2,3)6-9(8)15-11(10)14/h1,4-6,13-14H2,2-3H3. The van der Waals surface area contributed by atoms with Crippen molar-refractivity contribution >= 4 is 22.0 Å². The molecular formula is C12H18N2S. The number of rotatable bonds is 1. The van der Waals surface area contributed by atoms with E-state index < -0.39 is 0 Å². The highest BCUT2D eigenvalue weighted by atomic mass is 32.1. The first-order chi connectivity index (χ1) is 6.91.